The molecular formula is C17H38O4. The quantitative estimate of drug-likeness (QED) is 0.482. The Morgan fingerprint density at radius 2 is 1.29 bits per heavy atom. The largest absolute Gasteiger partial charge is 0.394 e. The third-order valence-corrected chi connectivity index (χ3v) is 3.07. The van der Waals surface area contributed by atoms with E-state index in [0.717, 1.165) is 19.6 Å². The molecule has 0 aromatic heterocycles. The van der Waals surface area contributed by atoms with E-state index < -0.39 is 6.10 Å². The average Bonchev–Trinajstić information content (AvgIpc) is 2.50. The predicted octanol–water partition coefficient (Wildman–Crippen LogP) is 3.54. The Kier molecular flexibility index (Phi) is 24.4. The van der Waals surface area contributed by atoms with Crippen molar-refractivity contribution in [2.45, 2.75) is 78.2 Å². The Hall–Kier alpha value is -0.160. The predicted molar refractivity (Wildman–Crippen MR) is 88.7 cm³/mol. The van der Waals surface area contributed by atoms with E-state index >= 15 is 0 Å². The SMILES string of the molecule is CCCCCCCCCCOCC(O)CO.CCOCC. The van der Waals surface area contributed by atoms with Crippen molar-refractivity contribution in [2.24, 2.45) is 0 Å². The lowest BCUT2D eigenvalue weighted by Crippen LogP contribution is -2.19. The van der Waals surface area contributed by atoms with E-state index in [1.54, 1.807) is 0 Å². The number of hydrogen-bond acceptors (Lipinski definition) is 4. The highest BCUT2D eigenvalue weighted by Gasteiger charge is 2.00. The van der Waals surface area contributed by atoms with Crippen molar-refractivity contribution in [3.63, 3.8) is 0 Å². The maximum Gasteiger partial charge on any atom is 0.100 e. The zero-order valence-corrected chi connectivity index (χ0v) is 14.5. The molecule has 0 aromatic rings. The smallest absolute Gasteiger partial charge is 0.100 e. The number of hydrogen-bond donors (Lipinski definition) is 2. The zero-order valence-electron chi connectivity index (χ0n) is 14.5. The molecule has 1 atom stereocenters. The summed E-state index contributed by atoms with van der Waals surface area (Å²) in [5.74, 6) is 0. The molecule has 0 spiro atoms. The Morgan fingerprint density at radius 1 is 0.762 bits per heavy atom. The van der Waals surface area contributed by atoms with Crippen molar-refractivity contribution in [3.8, 4) is 0 Å². The zero-order chi connectivity index (χ0) is 16.2. The maximum atomic E-state index is 9.01. The Balaban J connectivity index is 0. The topological polar surface area (TPSA) is 58.9 Å². The van der Waals surface area contributed by atoms with Gasteiger partial charge in [-0.2, -0.15) is 0 Å². The molecule has 0 aliphatic rings. The summed E-state index contributed by atoms with van der Waals surface area (Å²) in [5.41, 5.74) is 0. The van der Waals surface area contributed by atoms with Gasteiger partial charge in [0.1, 0.15) is 6.10 Å². The van der Waals surface area contributed by atoms with Gasteiger partial charge in [-0.3, -0.25) is 0 Å². The van der Waals surface area contributed by atoms with Crippen LogP contribution in [-0.4, -0.2) is 49.4 Å². The standard InChI is InChI=1S/C13H28O3.C4H10O/c1-2-3-4-5-6-7-8-9-10-16-12-13(15)11-14;1-3-5-4-2/h13-15H,2-12H2,1H3;3-4H2,1-2H3. The fourth-order valence-electron chi connectivity index (χ4n) is 1.81. The first-order valence-electron chi connectivity index (χ1n) is 8.67. The summed E-state index contributed by atoms with van der Waals surface area (Å²) in [4.78, 5) is 0. The normalized spacial score (nSPS) is 11.9. The van der Waals surface area contributed by atoms with Gasteiger partial charge < -0.3 is 19.7 Å². The lowest BCUT2D eigenvalue weighted by molar-refractivity contribution is 0.00526. The number of unbranched alkanes of at least 4 members (excludes halogenated alkanes) is 7. The molecule has 0 aromatic carbocycles. The Bertz CT molecular complexity index is 163. The molecule has 0 amide bonds. The van der Waals surface area contributed by atoms with Gasteiger partial charge in [-0.25, -0.2) is 0 Å². The molecule has 0 rings (SSSR count). The fraction of sp³-hybridized carbons (Fsp3) is 1.00. The van der Waals surface area contributed by atoms with Crippen LogP contribution in [0.15, 0.2) is 0 Å². The van der Waals surface area contributed by atoms with Crippen LogP contribution in [0.1, 0.15) is 72.1 Å². The number of aliphatic hydroxyl groups is 2. The van der Waals surface area contributed by atoms with Crippen LogP contribution in [0.5, 0.6) is 0 Å². The lowest BCUT2D eigenvalue weighted by atomic mass is 10.1. The van der Waals surface area contributed by atoms with E-state index in [0.29, 0.717) is 6.61 Å². The van der Waals surface area contributed by atoms with Gasteiger partial charge in [0, 0.05) is 19.8 Å². The van der Waals surface area contributed by atoms with Crippen molar-refractivity contribution < 1.29 is 19.7 Å². The van der Waals surface area contributed by atoms with Crippen molar-refractivity contribution in [2.75, 3.05) is 33.0 Å². The molecule has 1 unspecified atom stereocenters. The molecule has 0 radical (unpaired) electrons. The van der Waals surface area contributed by atoms with Crippen LogP contribution >= 0.6 is 0 Å². The lowest BCUT2D eigenvalue weighted by Gasteiger charge is -2.07. The van der Waals surface area contributed by atoms with Gasteiger partial charge in [0.05, 0.1) is 13.2 Å². The highest BCUT2D eigenvalue weighted by molar-refractivity contribution is 4.49. The van der Waals surface area contributed by atoms with Gasteiger partial charge in [0.25, 0.3) is 0 Å². The Labute approximate surface area is 131 Å². The van der Waals surface area contributed by atoms with Crippen LogP contribution in [0.2, 0.25) is 0 Å². The molecule has 2 N–H and O–H groups in total. The van der Waals surface area contributed by atoms with Crippen molar-refractivity contribution >= 4 is 0 Å². The summed E-state index contributed by atoms with van der Waals surface area (Å²) >= 11 is 0. The highest BCUT2D eigenvalue weighted by Crippen LogP contribution is 2.08. The molecule has 0 aliphatic carbocycles. The van der Waals surface area contributed by atoms with E-state index in [9.17, 15) is 0 Å². The first-order valence-corrected chi connectivity index (χ1v) is 8.67. The molecule has 0 heterocycles. The van der Waals surface area contributed by atoms with E-state index in [4.69, 9.17) is 19.7 Å². The second-order valence-electron chi connectivity index (χ2n) is 5.17. The van der Waals surface area contributed by atoms with Gasteiger partial charge in [0.15, 0.2) is 0 Å². The summed E-state index contributed by atoms with van der Waals surface area (Å²) in [7, 11) is 0. The van der Waals surface area contributed by atoms with Gasteiger partial charge in [0.2, 0.25) is 0 Å². The van der Waals surface area contributed by atoms with Crippen molar-refractivity contribution in [3.05, 3.63) is 0 Å². The van der Waals surface area contributed by atoms with Crippen LogP contribution in [0.4, 0.5) is 0 Å². The summed E-state index contributed by atoms with van der Waals surface area (Å²) in [6, 6.07) is 0. The maximum absolute atomic E-state index is 9.01. The fourth-order valence-corrected chi connectivity index (χ4v) is 1.81. The van der Waals surface area contributed by atoms with E-state index in [2.05, 4.69) is 6.92 Å². The van der Waals surface area contributed by atoms with E-state index in [1.165, 1.54) is 44.9 Å². The molecule has 4 nitrogen and oxygen atoms in total. The van der Waals surface area contributed by atoms with Crippen molar-refractivity contribution in [1.82, 2.24) is 0 Å². The van der Waals surface area contributed by atoms with Crippen LogP contribution in [0, 0.1) is 0 Å². The Morgan fingerprint density at radius 3 is 1.71 bits per heavy atom. The van der Waals surface area contributed by atoms with Crippen LogP contribution < -0.4 is 0 Å². The summed E-state index contributed by atoms with van der Waals surface area (Å²) in [6.07, 6.45) is 9.58. The minimum absolute atomic E-state index is 0.211. The number of aliphatic hydroxyl groups excluding tert-OH is 2. The molecule has 21 heavy (non-hydrogen) atoms. The van der Waals surface area contributed by atoms with Gasteiger partial charge in [-0.15, -0.1) is 0 Å². The van der Waals surface area contributed by atoms with Gasteiger partial charge >= 0.3 is 0 Å². The van der Waals surface area contributed by atoms with Crippen LogP contribution in [0.25, 0.3) is 0 Å². The minimum Gasteiger partial charge on any atom is -0.394 e. The molecule has 0 fully saturated rings. The molecule has 0 saturated heterocycles. The molecule has 130 valence electrons. The van der Waals surface area contributed by atoms with E-state index in [-0.39, 0.29) is 13.2 Å². The third-order valence-electron chi connectivity index (χ3n) is 3.07. The summed E-state index contributed by atoms with van der Waals surface area (Å²) < 4.78 is 10.1. The van der Waals surface area contributed by atoms with Gasteiger partial charge in [-0.05, 0) is 20.3 Å². The third kappa shape index (κ3) is 25.2. The number of rotatable bonds is 14. The van der Waals surface area contributed by atoms with Crippen molar-refractivity contribution in [1.29, 1.82) is 0 Å². The monoisotopic (exact) mass is 306 g/mol. The summed E-state index contributed by atoms with van der Waals surface area (Å²) in [5, 5.41) is 17.6. The van der Waals surface area contributed by atoms with Gasteiger partial charge in [-0.1, -0.05) is 51.9 Å². The van der Waals surface area contributed by atoms with Crippen LogP contribution in [-0.2, 0) is 9.47 Å². The molecular weight excluding hydrogens is 268 g/mol. The molecule has 4 heteroatoms. The van der Waals surface area contributed by atoms with E-state index in [1.807, 2.05) is 13.8 Å². The second-order valence-corrected chi connectivity index (χ2v) is 5.17. The second kappa shape index (κ2) is 22.1. The molecule has 0 bridgehead atoms. The van der Waals surface area contributed by atoms with Crippen LogP contribution in [0.3, 0.4) is 0 Å². The minimum atomic E-state index is -0.714. The average molecular weight is 306 g/mol. The molecule has 0 saturated carbocycles. The molecule has 0 aliphatic heterocycles. The first-order chi connectivity index (χ1) is 10.2. The first kappa shape index (κ1) is 23.1. The number of ether oxygens (including phenoxy) is 2. The summed E-state index contributed by atoms with van der Waals surface area (Å²) in [6.45, 7) is 8.65. The highest BCUT2D eigenvalue weighted by atomic mass is 16.5.